The molecule has 5 nitrogen and oxygen atoms in total. The summed E-state index contributed by atoms with van der Waals surface area (Å²) in [6, 6.07) is 20.3. The van der Waals surface area contributed by atoms with Gasteiger partial charge in [-0.15, -0.1) is 0 Å². The summed E-state index contributed by atoms with van der Waals surface area (Å²) in [6.07, 6.45) is 2.82. The van der Waals surface area contributed by atoms with Gasteiger partial charge in [-0.1, -0.05) is 36.4 Å². The molecule has 0 saturated heterocycles. The molecule has 1 atom stereocenters. The predicted molar refractivity (Wildman–Crippen MR) is 119 cm³/mol. The number of hydrogen-bond donors (Lipinski definition) is 1. The molecule has 154 valence electrons. The second kappa shape index (κ2) is 6.38. The van der Waals surface area contributed by atoms with Crippen molar-refractivity contribution in [3.05, 3.63) is 94.7 Å². The van der Waals surface area contributed by atoms with Crippen LogP contribution in [0.25, 0.3) is 10.9 Å². The number of hydrogen-bond acceptors (Lipinski definition) is 3. The number of methoxy groups -OCH3 is 2. The smallest absolute Gasteiger partial charge is 0.255 e. The normalized spacial score (nSPS) is 19.2. The van der Waals surface area contributed by atoms with Crippen LogP contribution >= 0.6 is 0 Å². The van der Waals surface area contributed by atoms with E-state index in [1.807, 2.05) is 35.2 Å². The van der Waals surface area contributed by atoms with Crippen LogP contribution in [0, 0.1) is 0 Å². The van der Waals surface area contributed by atoms with Crippen molar-refractivity contribution in [3.63, 3.8) is 0 Å². The monoisotopic (exact) mass is 410 g/mol. The number of benzene rings is 3. The van der Waals surface area contributed by atoms with Crippen LogP contribution in [0.2, 0.25) is 0 Å². The minimum atomic E-state index is -0.722. The van der Waals surface area contributed by atoms with Gasteiger partial charge in [0, 0.05) is 34.8 Å². The number of nitrogens with zero attached hydrogens (tertiary/aromatic N) is 1. The summed E-state index contributed by atoms with van der Waals surface area (Å²) < 4.78 is 11.3. The zero-order chi connectivity index (χ0) is 21.2. The first-order chi connectivity index (χ1) is 15.2. The van der Waals surface area contributed by atoms with Crippen LogP contribution in [-0.4, -0.2) is 36.6 Å². The number of nitrogens with one attached hydrogen (secondary N) is 1. The number of aromatic amines is 1. The minimum absolute atomic E-state index is 0.0707. The number of fused-ring (bicyclic) bond motifs is 6. The molecule has 1 unspecified atom stereocenters. The Balaban J connectivity index is 1.78. The summed E-state index contributed by atoms with van der Waals surface area (Å²) in [6.45, 7) is 0.634. The lowest BCUT2D eigenvalue weighted by atomic mass is 9.72. The number of aromatic nitrogens is 1. The summed E-state index contributed by atoms with van der Waals surface area (Å²) in [5.74, 6) is 1.45. The molecule has 0 radical (unpaired) electrons. The predicted octanol–water partition coefficient (Wildman–Crippen LogP) is 4.49. The highest BCUT2D eigenvalue weighted by Crippen LogP contribution is 2.54. The molecule has 0 fully saturated rings. The topological polar surface area (TPSA) is 54.6 Å². The average Bonchev–Trinajstić information content (AvgIpc) is 3.36. The summed E-state index contributed by atoms with van der Waals surface area (Å²) in [5, 5.41) is 1.11. The van der Waals surface area contributed by atoms with Gasteiger partial charge in [-0.25, -0.2) is 0 Å². The first-order valence-electron chi connectivity index (χ1n) is 10.4. The fraction of sp³-hybridized carbons (Fsp3) is 0.192. The fourth-order valence-corrected chi connectivity index (χ4v) is 5.49. The standard InChI is InChI=1S/C26H22N2O3/c1-30-23-13-16-11-12-28-25(29)18-8-3-5-9-19(18)26(28,20(16)14-24(23)31-2)21-15-27-22-10-6-4-7-17(21)22/h3-10,13-15,27H,11-12H2,1-2H3. The van der Waals surface area contributed by atoms with Gasteiger partial charge in [-0.05, 0) is 47.4 Å². The molecule has 0 saturated carbocycles. The summed E-state index contributed by atoms with van der Waals surface area (Å²) in [5.41, 5.74) is 5.42. The lowest BCUT2D eigenvalue weighted by Crippen LogP contribution is -2.50. The molecule has 6 rings (SSSR count). The van der Waals surface area contributed by atoms with Crippen LogP contribution < -0.4 is 9.47 Å². The van der Waals surface area contributed by atoms with Crippen LogP contribution in [0.1, 0.15) is 32.6 Å². The first kappa shape index (κ1) is 18.1. The molecule has 2 aliphatic heterocycles. The van der Waals surface area contributed by atoms with E-state index in [1.165, 1.54) is 5.56 Å². The third kappa shape index (κ3) is 2.18. The van der Waals surface area contributed by atoms with Crippen molar-refractivity contribution < 1.29 is 14.3 Å². The van der Waals surface area contributed by atoms with E-state index in [4.69, 9.17) is 9.47 Å². The van der Waals surface area contributed by atoms with Crippen molar-refractivity contribution in [2.75, 3.05) is 20.8 Å². The lowest BCUT2D eigenvalue weighted by Gasteiger charge is -2.44. The highest BCUT2D eigenvalue weighted by Gasteiger charge is 2.55. The number of carbonyl (C=O) groups is 1. The van der Waals surface area contributed by atoms with Crippen molar-refractivity contribution in [2.45, 2.75) is 12.0 Å². The van der Waals surface area contributed by atoms with Crippen LogP contribution in [0.4, 0.5) is 0 Å². The number of rotatable bonds is 3. The fourth-order valence-electron chi connectivity index (χ4n) is 5.49. The van der Waals surface area contributed by atoms with Gasteiger partial charge in [0.15, 0.2) is 11.5 Å². The molecule has 3 heterocycles. The number of H-pyrrole nitrogens is 1. The van der Waals surface area contributed by atoms with E-state index in [0.29, 0.717) is 18.0 Å². The van der Waals surface area contributed by atoms with Gasteiger partial charge in [0.05, 0.1) is 14.2 Å². The highest BCUT2D eigenvalue weighted by atomic mass is 16.5. The van der Waals surface area contributed by atoms with Crippen molar-refractivity contribution >= 4 is 16.8 Å². The molecule has 0 bridgehead atoms. The Hall–Kier alpha value is -3.73. The highest BCUT2D eigenvalue weighted by molar-refractivity contribution is 6.03. The van der Waals surface area contributed by atoms with Gasteiger partial charge in [0.25, 0.3) is 5.91 Å². The maximum atomic E-state index is 13.6. The molecule has 0 aliphatic carbocycles. The molecule has 2 aliphatic rings. The summed E-state index contributed by atoms with van der Waals surface area (Å²) in [7, 11) is 3.31. The molecule has 31 heavy (non-hydrogen) atoms. The molecule has 4 aromatic rings. The van der Waals surface area contributed by atoms with Gasteiger partial charge in [-0.3, -0.25) is 4.79 Å². The second-order valence-electron chi connectivity index (χ2n) is 8.08. The summed E-state index contributed by atoms with van der Waals surface area (Å²) in [4.78, 5) is 19.1. The van der Waals surface area contributed by atoms with Crippen molar-refractivity contribution in [1.82, 2.24) is 9.88 Å². The van der Waals surface area contributed by atoms with Gasteiger partial charge in [0.1, 0.15) is 5.54 Å². The Morgan fingerprint density at radius 3 is 2.48 bits per heavy atom. The Morgan fingerprint density at radius 1 is 0.903 bits per heavy atom. The Bertz CT molecular complexity index is 1360. The maximum Gasteiger partial charge on any atom is 0.255 e. The molecule has 1 aromatic heterocycles. The van der Waals surface area contributed by atoms with Gasteiger partial charge < -0.3 is 19.4 Å². The third-order valence-electron chi connectivity index (χ3n) is 6.78. The van der Waals surface area contributed by atoms with E-state index in [1.54, 1.807) is 14.2 Å². The van der Waals surface area contributed by atoms with Crippen LogP contribution in [0.5, 0.6) is 11.5 Å². The maximum absolute atomic E-state index is 13.6. The minimum Gasteiger partial charge on any atom is -0.493 e. The zero-order valence-corrected chi connectivity index (χ0v) is 17.4. The first-order valence-corrected chi connectivity index (χ1v) is 10.4. The number of para-hydroxylation sites is 1. The van der Waals surface area contributed by atoms with Crippen molar-refractivity contribution in [1.29, 1.82) is 0 Å². The van der Waals surface area contributed by atoms with Crippen molar-refractivity contribution in [2.24, 2.45) is 0 Å². The molecule has 5 heteroatoms. The van der Waals surface area contributed by atoms with Gasteiger partial charge in [0.2, 0.25) is 0 Å². The quantitative estimate of drug-likeness (QED) is 0.542. The summed E-state index contributed by atoms with van der Waals surface area (Å²) >= 11 is 0. The molecular formula is C26H22N2O3. The number of ether oxygens (including phenoxy) is 2. The number of carbonyl (C=O) groups excluding carboxylic acids is 1. The molecule has 0 spiro atoms. The van der Waals surface area contributed by atoms with Gasteiger partial charge >= 0.3 is 0 Å². The number of amides is 1. The van der Waals surface area contributed by atoms with E-state index < -0.39 is 5.54 Å². The lowest BCUT2D eigenvalue weighted by molar-refractivity contribution is 0.0661. The van der Waals surface area contributed by atoms with E-state index in [0.717, 1.165) is 39.6 Å². The van der Waals surface area contributed by atoms with E-state index in [-0.39, 0.29) is 5.91 Å². The van der Waals surface area contributed by atoms with Crippen LogP contribution in [-0.2, 0) is 12.0 Å². The van der Waals surface area contributed by atoms with Gasteiger partial charge in [-0.2, -0.15) is 0 Å². The van der Waals surface area contributed by atoms with Crippen LogP contribution in [0.15, 0.2) is 66.9 Å². The Morgan fingerprint density at radius 2 is 1.65 bits per heavy atom. The third-order valence-corrected chi connectivity index (χ3v) is 6.78. The second-order valence-corrected chi connectivity index (χ2v) is 8.08. The SMILES string of the molecule is COc1cc2c(cc1OC)C1(c3c[nH]c4ccccc34)c3ccccc3C(=O)N1CC2. The average molecular weight is 410 g/mol. The van der Waals surface area contributed by atoms with E-state index in [9.17, 15) is 4.79 Å². The van der Waals surface area contributed by atoms with Crippen molar-refractivity contribution in [3.8, 4) is 11.5 Å². The molecule has 1 amide bonds. The Kier molecular flexibility index (Phi) is 3.72. The largest absolute Gasteiger partial charge is 0.493 e. The molecule has 1 N–H and O–H groups in total. The van der Waals surface area contributed by atoms with E-state index in [2.05, 4.69) is 41.5 Å². The molecular weight excluding hydrogens is 388 g/mol. The molecule has 3 aromatic carbocycles. The zero-order valence-electron chi connectivity index (χ0n) is 17.4. The Labute approximate surface area is 180 Å². The van der Waals surface area contributed by atoms with Crippen LogP contribution in [0.3, 0.4) is 0 Å². The van der Waals surface area contributed by atoms with E-state index >= 15 is 0 Å².